The predicted molar refractivity (Wildman–Crippen MR) is 70.6 cm³/mol. The molecule has 5 nitrogen and oxygen atoms in total. The van der Waals surface area contributed by atoms with Crippen LogP contribution >= 0.6 is 11.6 Å². The fraction of sp³-hybridized carbons (Fsp3) is 0. The molecule has 2 rings (SSSR count). The third-order valence-corrected chi connectivity index (χ3v) is 2.73. The molecule has 20 heavy (non-hydrogen) atoms. The number of aromatic nitrogens is 1. The van der Waals surface area contributed by atoms with E-state index in [1.165, 1.54) is 30.3 Å². The molecule has 0 spiro atoms. The zero-order valence-corrected chi connectivity index (χ0v) is 10.7. The minimum Gasteiger partial charge on any atom is -0.478 e. The molecule has 1 heterocycles. The van der Waals surface area contributed by atoms with Gasteiger partial charge in [0.2, 0.25) is 0 Å². The van der Waals surface area contributed by atoms with Crippen molar-refractivity contribution in [2.75, 3.05) is 5.32 Å². The number of carbonyl (C=O) groups is 2. The Kier molecular flexibility index (Phi) is 3.95. The van der Waals surface area contributed by atoms with Gasteiger partial charge in [0.1, 0.15) is 5.69 Å². The van der Waals surface area contributed by atoms with E-state index in [0.717, 1.165) is 6.20 Å². The monoisotopic (exact) mass is 294 g/mol. The Labute approximate surface area is 118 Å². The average molecular weight is 295 g/mol. The fourth-order valence-electron chi connectivity index (χ4n) is 1.44. The molecular formula is C13H8ClFN2O3. The highest BCUT2D eigenvalue weighted by atomic mass is 35.5. The fourth-order valence-corrected chi connectivity index (χ4v) is 1.62. The molecule has 0 fully saturated rings. The molecular weight excluding hydrogens is 287 g/mol. The highest BCUT2D eigenvalue weighted by Gasteiger charge is 2.13. The summed E-state index contributed by atoms with van der Waals surface area (Å²) in [5.41, 5.74) is -0.156. The average Bonchev–Trinajstić information content (AvgIpc) is 2.44. The SMILES string of the molecule is O=C(O)c1ccc(C(=O)Nc2cccc(Cl)c2F)nc1. The van der Waals surface area contributed by atoms with E-state index in [2.05, 4.69) is 10.3 Å². The normalized spacial score (nSPS) is 10.1. The Balaban J connectivity index is 2.20. The van der Waals surface area contributed by atoms with E-state index in [1.807, 2.05) is 0 Å². The van der Waals surface area contributed by atoms with E-state index < -0.39 is 17.7 Å². The Hall–Kier alpha value is -2.47. The number of hydrogen-bond donors (Lipinski definition) is 2. The van der Waals surface area contributed by atoms with Crippen molar-refractivity contribution < 1.29 is 19.1 Å². The summed E-state index contributed by atoms with van der Waals surface area (Å²) < 4.78 is 13.6. The Bertz CT molecular complexity index is 674. The number of carboxylic acid groups (broad SMARTS) is 1. The third-order valence-electron chi connectivity index (χ3n) is 2.44. The summed E-state index contributed by atoms with van der Waals surface area (Å²) in [6, 6.07) is 6.67. The van der Waals surface area contributed by atoms with Crippen LogP contribution in [0.25, 0.3) is 0 Å². The van der Waals surface area contributed by atoms with Crippen LogP contribution in [-0.4, -0.2) is 22.0 Å². The first-order valence-corrected chi connectivity index (χ1v) is 5.81. The van der Waals surface area contributed by atoms with Gasteiger partial charge in [-0.05, 0) is 24.3 Å². The van der Waals surface area contributed by atoms with Crippen LogP contribution in [0.3, 0.4) is 0 Å². The number of nitrogens with zero attached hydrogens (tertiary/aromatic N) is 1. The standard InChI is InChI=1S/C13H8ClFN2O3/c14-8-2-1-3-9(11(8)15)17-12(18)10-5-4-7(6-16-10)13(19)20/h1-6H,(H,17,18)(H,19,20). The molecule has 102 valence electrons. The molecule has 1 aromatic heterocycles. The van der Waals surface area contributed by atoms with Gasteiger partial charge >= 0.3 is 5.97 Å². The van der Waals surface area contributed by atoms with Crippen LogP contribution in [0.15, 0.2) is 36.5 Å². The van der Waals surface area contributed by atoms with Gasteiger partial charge in [0.25, 0.3) is 5.91 Å². The number of hydrogen-bond acceptors (Lipinski definition) is 3. The van der Waals surface area contributed by atoms with Crippen molar-refractivity contribution >= 4 is 29.2 Å². The predicted octanol–water partition coefficient (Wildman–Crippen LogP) is 2.82. The molecule has 0 unspecified atom stereocenters. The minimum absolute atomic E-state index is 0.0330. The molecule has 1 amide bonds. The lowest BCUT2D eigenvalue weighted by Gasteiger charge is -2.06. The number of anilines is 1. The molecule has 0 atom stereocenters. The van der Waals surface area contributed by atoms with Crippen molar-refractivity contribution in [1.82, 2.24) is 4.98 Å². The first-order valence-electron chi connectivity index (χ1n) is 5.44. The van der Waals surface area contributed by atoms with Crippen LogP contribution in [0.4, 0.5) is 10.1 Å². The molecule has 2 N–H and O–H groups in total. The Morgan fingerprint density at radius 3 is 2.60 bits per heavy atom. The lowest BCUT2D eigenvalue weighted by Crippen LogP contribution is -2.15. The van der Waals surface area contributed by atoms with Crippen LogP contribution in [0, 0.1) is 5.82 Å². The smallest absolute Gasteiger partial charge is 0.337 e. The van der Waals surface area contributed by atoms with E-state index in [9.17, 15) is 14.0 Å². The molecule has 0 aliphatic rings. The van der Waals surface area contributed by atoms with E-state index >= 15 is 0 Å². The molecule has 0 aliphatic heterocycles. The highest BCUT2D eigenvalue weighted by molar-refractivity contribution is 6.31. The van der Waals surface area contributed by atoms with Crippen molar-refractivity contribution in [3.63, 3.8) is 0 Å². The molecule has 1 aromatic carbocycles. The number of halogens is 2. The molecule has 2 aromatic rings. The van der Waals surface area contributed by atoms with Gasteiger partial charge in [-0.2, -0.15) is 0 Å². The van der Waals surface area contributed by atoms with Crippen LogP contribution in [-0.2, 0) is 0 Å². The highest BCUT2D eigenvalue weighted by Crippen LogP contribution is 2.22. The zero-order chi connectivity index (χ0) is 14.7. The number of benzene rings is 1. The first kappa shape index (κ1) is 14.0. The summed E-state index contributed by atoms with van der Waals surface area (Å²) in [6.07, 6.45) is 1.05. The lowest BCUT2D eigenvalue weighted by atomic mass is 10.2. The van der Waals surface area contributed by atoms with E-state index in [-0.39, 0.29) is 22.0 Å². The van der Waals surface area contributed by atoms with Crippen LogP contribution in [0.1, 0.15) is 20.8 Å². The van der Waals surface area contributed by atoms with Gasteiger partial charge in [0.15, 0.2) is 5.82 Å². The number of amides is 1. The van der Waals surface area contributed by atoms with Gasteiger partial charge in [0.05, 0.1) is 16.3 Å². The first-order chi connectivity index (χ1) is 9.49. The quantitative estimate of drug-likeness (QED) is 0.912. The largest absolute Gasteiger partial charge is 0.478 e. The third kappa shape index (κ3) is 2.92. The van der Waals surface area contributed by atoms with Gasteiger partial charge < -0.3 is 10.4 Å². The van der Waals surface area contributed by atoms with Gasteiger partial charge in [0, 0.05) is 6.20 Å². The molecule has 0 radical (unpaired) electrons. The Morgan fingerprint density at radius 2 is 2.00 bits per heavy atom. The van der Waals surface area contributed by atoms with Crippen molar-refractivity contribution in [2.45, 2.75) is 0 Å². The van der Waals surface area contributed by atoms with Crippen molar-refractivity contribution in [3.8, 4) is 0 Å². The molecule has 0 saturated heterocycles. The summed E-state index contributed by atoms with van der Waals surface area (Å²) in [4.78, 5) is 26.2. The summed E-state index contributed by atoms with van der Waals surface area (Å²) in [5, 5.41) is 10.9. The number of pyridine rings is 1. The summed E-state index contributed by atoms with van der Waals surface area (Å²) in [7, 11) is 0. The number of carboxylic acids is 1. The lowest BCUT2D eigenvalue weighted by molar-refractivity contribution is 0.0696. The summed E-state index contributed by atoms with van der Waals surface area (Å²) in [6.45, 7) is 0. The number of rotatable bonds is 3. The number of nitrogens with one attached hydrogen (secondary N) is 1. The maximum atomic E-state index is 13.6. The Morgan fingerprint density at radius 1 is 1.25 bits per heavy atom. The number of carbonyl (C=O) groups excluding carboxylic acids is 1. The molecule has 0 bridgehead atoms. The maximum absolute atomic E-state index is 13.6. The summed E-state index contributed by atoms with van der Waals surface area (Å²) >= 11 is 5.59. The second-order valence-electron chi connectivity index (χ2n) is 3.79. The number of aromatic carboxylic acids is 1. The minimum atomic E-state index is -1.15. The zero-order valence-electron chi connectivity index (χ0n) is 9.93. The molecule has 0 aliphatic carbocycles. The van der Waals surface area contributed by atoms with Crippen LogP contribution < -0.4 is 5.32 Å². The van der Waals surface area contributed by atoms with E-state index in [1.54, 1.807) is 0 Å². The van der Waals surface area contributed by atoms with Gasteiger partial charge in [-0.1, -0.05) is 17.7 Å². The van der Waals surface area contributed by atoms with Gasteiger partial charge in [-0.15, -0.1) is 0 Å². The van der Waals surface area contributed by atoms with Crippen molar-refractivity contribution in [3.05, 3.63) is 58.6 Å². The van der Waals surface area contributed by atoms with Crippen molar-refractivity contribution in [1.29, 1.82) is 0 Å². The second-order valence-corrected chi connectivity index (χ2v) is 4.20. The maximum Gasteiger partial charge on any atom is 0.337 e. The molecule has 0 saturated carbocycles. The van der Waals surface area contributed by atoms with Crippen molar-refractivity contribution in [2.24, 2.45) is 0 Å². The van der Waals surface area contributed by atoms with Crippen LogP contribution in [0.2, 0.25) is 5.02 Å². The van der Waals surface area contributed by atoms with E-state index in [0.29, 0.717) is 0 Å². The van der Waals surface area contributed by atoms with Crippen LogP contribution in [0.5, 0.6) is 0 Å². The molecule has 7 heteroatoms. The van der Waals surface area contributed by atoms with E-state index in [4.69, 9.17) is 16.7 Å². The van der Waals surface area contributed by atoms with Gasteiger partial charge in [-0.25, -0.2) is 9.18 Å². The van der Waals surface area contributed by atoms with Gasteiger partial charge in [-0.3, -0.25) is 9.78 Å². The second kappa shape index (κ2) is 5.66. The summed E-state index contributed by atoms with van der Waals surface area (Å²) in [5.74, 6) is -2.56. The topological polar surface area (TPSA) is 79.3 Å².